The zero-order chi connectivity index (χ0) is 27.3. The molecule has 0 saturated heterocycles. The molecule has 0 N–H and O–H groups in total. The Hall–Kier alpha value is -2.28. The molecule has 6 heterocycles. The van der Waals surface area contributed by atoms with Gasteiger partial charge in [0.05, 0.1) is 13.2 Å². The van der Waals surface area contributed by atoms with E-state index >= 15 is 0 Å². The monoisotopic (exact) mass is 642 g/mol. The van der Waals surface area contributed by atoms with Crippen LogP contribution in [0.5, 0.6) is 10.1 Å². The van der Waals surface area contributed by atoms with Gasteiger partial charge < -0.3 is 18.9 Å². The second-order valence-electron chi connectivity index (χ2n) is 8.58. The lowest BCUT2D eigenvalue weighted by Crippen LogP contribution is -2.02. The van der Waals surface area contributed by atoms with Crippen molar-refractivity contribution < 1.29 is 18.9 Å². The molecule has 206 valence electrons. The van der Waals surface area contributed by atoms with Crippen LogP contribution in [-0.4, -0.2) is 40.6 Å². The first-order chi connectivity index (χ1) is 19.7. The predicted molar refractivity (Wildman–Crippen MR) is 176 cm³/mol. The Morgan fingerprint density at radius 3 is 0.875 bits per heavy atom. The molecule has 0 radical (unpaired) electrons. The molecule has 0 atom stereocenters. The van der Waals surface area contributed by atoms with Crippen LogP contribution in [0.3, 0.4) is 0 Å². The maximum absolute atomic E-state index is 5.76. The summed E-state index contributed by atoms with van der Waals surface area (Å²) < 4.78 is 21.7. The maximum Gasteiger partial charge on any atom is 0.174 e. The van der Waals surface area contributed by atoms with Crippen molar-refractivity contribution in [2.75, 3.05) is 40.6 Å². The quantitative estimate of drug-likeness (QED) is 0.118. The fourth-order valence-corrected chi connectivity index (χ4v) is 10.2. The van der Waals surface area contributed by atoms with Crippen LogP contribution >= 0.6 is 68.0 Å². The number of rotatable bonds is 13. The summed E-state index contributed by atoms with van der Waals surface area (Å²) in [5.74, 6) is 0. The Kier molecular flexibility index (Phi) is 9.15. The van der Waals surface area contributed by atoms with Gasteiger partial charge in [0, 0.05) is 63.0 Å². The lowest BCUT2D eigenvalue weighted by molar-refractivity contribution is 0.148. The molecular formula is C30H26O4S6. The largest absolute Gasteiger partial charge is 0.482 e. The summed E-state index contributed by atoms with van der Waals surface area (Å²) in [5.41, 5.74) is 0. The van der Waals surface area contributed by atoms with E-state index in [0.717, 1.165) is 10.1 Å². The first-order valence-electron chi connectivity index (χ1n) is 12.5. The molecule has 0 spiro atoms. The molecule has 0 aliphatic carbocycles. The van der Waals surface area contributed by atoms with Crippen molar-refractivity contribution in [3.05, 3.63) is 72.8 Å². The van der Waals surface area contributed by atoms with Crippen molar-refractivity contribution in [2.45, 2.75) is 0 Å². The first kappa shape index (κ1) is 27.9. The fourth-order valence-electron chi connectivity index (χ4n) is 3.92. The summed E-state index contributed by atoms with van der Waals surface area (Å²) in [6.45, 7) is 2.34. The molecule has 0 fully saturated rings. The van der Waals surface area contributed by atoms with Gasteiger partial charge in [-0.2, -0.15) is 0 Å². The second kappa shape index (κ2) is 13.1. The molecule has 0 aliphatic heterocycles. The van der Waals surface area contributed by atoms with Crippen LogP contribution in [0.2, 0.25) is 0 Å². The zero-order valence-corrected chi connectivity index (χ0v) is 26.7. The van der Waals surface area contributed by atoms with Crippen LogP contribution in [0.15, 0.2) is 72.8 Å². The van der Waals surface area contributed by atoms with E-state index in [1.54, 1.807) is 36.9 Å². The summed E-state index contributed by atoms with van der Waals surface area (Å²) in [6.07, 6.45) is 0. The van der Waals surface area contributed by atoms with Crippen LogP contribution in [0.4, 0.5) is 0 Å². The van der Waals surface area contributed by atoms with Crippen molar-refractivity contribution in [1.29, 1.82) is 0 Å². The van der Waals surface area contributed by atoms with E-state index in [9.17, 15) is 0 Å². The van der Waals surface area contributed by atoms with Crippen molar-refractivity contribution in [2.24, 2.45) is 0 Å². The van der Waals surface area contributed by atoms with E-state index in [1.807, 2.05) is 57.5 Å². The van der Waals surface area contributed by atoms with Crippen LogP contribution < -0.4 is 9.47 Å². The first-order valence-corrected chi connectivity index (χ1v) is 17.4. The van der Waals surface area contributed by atoms with Crippen LogP contribution in [0.25, 0.3) is 48.8 Å². The maximum atomic E-state index is 5.76. The molecule has 0 bridgehead atoms. The zero-order valence-electron chi connectivity index (χ0n) is 21.8. The third-order valence-electron chi connectivity index (χ3n) is 5.86. The summed E-state index contributed by atoms with van der Waals surface area (Å²) in [6, 6.07) is 26.2. The van der Waals surface area contributed by atoms with Crippen LogP contribution in [-0.2, 0) is 9.47 Å². The van der Waals surface area contributed by atoms with Gasteiger partial charge in [0.25, 0.3) is 0 Å². The van der Waals surface area contributed by atoms with Gasteiger partial charge in [-0.15, -0.1) is 45.3 Å². The topological polar surface area (TPSA) is 36.9 Å². The molecule has 10 heteroatoms. The average Bonchev–Trinajstić information content (AvgIpc) is 3.80. The van der Waals surface area contributed by atoms with Gasteiger partial charge in [-0.05, 0) is 72.8 Å². The Balaban J connectivity index is 1.12. The van der Waals surface area contributed by atoms with Crippen molar-refractivity contribution in [1.82, 2.24) is 0 Å². The number of thiophene rings is 6. The molecule has 6 aromatic heterocycles. The van der Waals surface area contributed by atoms with E-state index in [4.69, 9.17) is 18.9 Å². The smallest absolute Gasteiger partial charge is 0.174 e. The Labute approximate surface area is 257 Å². The highest BCUT2D eigenvalue weighted by Crippen LogP contribution is 2.46. The highest BCUT2D eigenvalue weighted by molar-refractivity contribution is 7.30. The van der Waals surface area contributed by atoms with Gasteiger partial charge in [-0.1, -0.05) is 22.7 Å². The summed E-state index contributed by atoms with van der Waals surface area (Å²) in [7, 11) is 3.37. The fraction of sp³-hybridized carbons (Fsp3) is 0.200. The highest BCUT2D eigenvalue weighted by Gasteiger charge is 2.14. The van der Waals surface area contributed by atoms with Gasteiger partial charge in [0.15, 0.2) is 10.1 Å². The molecule has 6 aromatic rings. The van der Waals surface area contributed by atoms with Crippen molar-refractivity contribution in [3.8, 4) is 58.9 Å². The van der Waals surface area contributed by atoms with Crippen LogP contribution in [0.1, 0.15) is 0 Å². The minimum absolute atomic E-state index is 0.572. The summed E-state index contributed by atoms with van der Waals surface area (Å²) in [4.78, 5) is 12.8. The molecular weight excluding hydrogens is 617 g/mol. The van der Waals surface area contributed by atoms with Gasteiger partial charge >= 0.3 is 0 Å². The standard InChI is InChI=1S/C30H26O4S6/c1-31-15-17-33-29-13-11-27(39-29)25-9-7-23(37-25)21-5-3-19(35-21)20-4-6-22(36-20)24-8-10-26(38-24)28-12-14-30(40-28)34-18-16-32-2/h3-14H,15-18H2,1-2H3. The number of methoxy groups -OCH3 is 2. The van der Waals surface area contributed by atoms with Gasteiger partial charge in [-0.3, -0.25) is 0 Å². The van der Waals surface area contributed by atoms with Gasteiger partial charge in [-0.25, -0.2) is 0 Å². The van der Waals surface area contributed by atoms with E-state index < -0.39 is 0 Å². The van der Waals surface area contributed by atoms with Crippen molar-refractivity contribution >= 4 is 68.0 Å². The van der Waals surface area contributed by atoms with E-state index in [0.29, 0.717) is 26.4 Å². The highest BCUT2D eigenvalue weighted by atomic mass is 32.1. The number of hydrogen-bond donors (Lipinski definition) is 0. The summed E-state index contributed by atoms with van der Waals surface area (Å²) in [5, 5.41) is 1.86. The van der Waals surface area contributed by atoms with Gasteiger partial charge in [0.1, 0.15) is 13.2 Å². The Morgan fingerprint density at radius 1 is 0.350 bits per heavy atom. The molecule has 0 unspecified atom stereocenters. The van der Waals surface area contributed by atoms with E-state index in [1.165, 1.54) is 48.8 Å². The second-order valence-corrected chi connectivity index (χ2v) is 15.0. The Bertz CT molecular complexity index is 1540. The molecule has 6 rings (SSSR count). The minimum Gasteiger partial charge on any atom is -0.482 e. The van der Waals surface area contributed by atoms with E-state index in [2.05, 4.69) is 60.7 Å². The third-order valence-corrected chi connectivity index (χ3v) is 13.2. The molecule has 0 aromatic carbocycles. The average molecular weight is 643 g/mol. The number of hydrogen-bond acceptors (Lipinski definition) is 10. The normalized spacial score (nSPS) is 11.3. The third kappa shape index (κ3) is 6.45. The molecule has 0 aliphatic rings. The predicted octanol–water partition coefficient (Wildman–Crippen LogP) is 10.4. The lowest BCUT2D eigenvalue weighted by atomic mass is 10.3. The molecule has 0 amide bonds. The minimum atomic E-state index is 0.572. The number of ether oxygens (including phenoxy) is 4. The van der Waals surface area contributed by atoms with E-state index in [-0.39, 0.29) is 0 Å². The molecule has 4 nitrogen and oxygen atoms in total. The molecule has 40 heavy (non-hydrogen) atoms. The van der Waals surface area contributed by atoms with Crippen LogP contribution in [0, 0.1) is 0 Å². The summed E-state index contributed by atoms with van der Waals surface area (Å²) >= 11 is 10.7. The van der Waals surface area contributed by atoms with Crippen molar-refractivity contribution in [3.63, 3.8) is 0 Å². The SMILES string of the molecule is COCCOc1ccc(-c2ccc(-c3ccc(-c4ccc(-c5ccc(-c6ccc(OCCOC)s6)s5)s4)s3)s2)s1. The molecule has 0 saturated carbocycles. The lowest BCUT2D eigenvalue weighted by Gasteiger charge is -2.00. The van der Waals surface area contributed by atoms with Gasteiger partial charge in [0.2, 0.25) is 0 Å². The Morgan fingerprint density at radius 2 is 0.600 bits per heavy atom.